The summed E-state index contributed by atoms with van der Waals surface area (Å²) in [7, 11) is 0. The molecule has 3 rings (SSSR count). The minimum atomic E-state index is -0.260. The van der Waals surface area contributed by atoms with Gasteiger partial charge in [-0.15, -0.1) is 11.3 Å². The van der Waals surface area contributed by atoms with Crippen LogP contribution in [-0.4, -0.2) is 23.4 Å². The summed E-state index contributed by atoms with van der Waals surface area (Å²) in [4.78, 5) is 28.4. The molecular weight excluding hydrogens is 386 g/mol. The predicted molar refractivity (Wildman–Crippen MR) is 116 cm³/mol. The van der Waals surface area contributed by atoms with Crippen molar-refractivity contribution in [2.75, 3.05) is 17.2 Å². The van der Waals surface area contributed by atoms with Crippen LogP contribution < -0.4 is 15.4 Å². The molecule has 3 aromatic rings. The first kappa shape index (κ1) is 20.5. The molecule has 0 saturated carbocycles. The maximum absolute atomic E-state index is 12.2. The maximum atomic E-state index is 12.2. The van der Waals surface area contributed by atoms with Gasteiger partial charge in [-0.25, -0.2) is 4.98 Å². The van der Waals surface area contributed by atoms with Gasteiger partial charge in [0, 0.05) is 22.8 Å². The summed E-state index contributed by atoms with van der Waals surface area (Å²) in [6, 6.07) is 14.4. The molecule has 2 amide bonds. The zero-order chi connectivity index (χ0) is 20.6. The van der Waals surface area contributed by atoms with Crippen molar-refractivity contribution >= 4 is 34.0 Å². The standard InChI is InChI=1S/C22H23N3O3S/c1-3-15(2)18-6-4-5-7-19(18)28-14-20(26)24-17-10-8-16(9-11-17)21(27)25-22-23-12-13-29-22/h4-13,15H,3,14H2,1-2H3,(H,24,26)(H,23,25,27). The van der Waals surface area contributed by atoms with Gasteiger partial charge in [0.15, 0.2) is 11.7 Å². The van der Waals surface area contributed by atoms with Crippen LogP contribution in [0.15, 0.2) is 60.1 Å². The predicted octanol–water partition coefficient (Wildman–Crippen LogP) is 4.93. The summed E-state index contributed by atoms with van der Waals surface area (Å²) in [6.07, 6.45) is 2.62. The summed E-state index contributed by atoms with van der Waals surface area (Å²) < 4.78 is 5.73. The number of aromatic nitrogens is 1. The highest BCUT2D eigenvalue weighted by Crippen LogP contribution is 2.28. The number of ether oxygens (including phenoxy) is 1. The van der Waals surface area contributed by atoms with E-state index in [0.29, 0.717) is 22.3 Å². The zero-order valence-electron chi connectivity index (χ0n) is 16.3. The van der Waals surface area contributed by atoms with Crippen LogP contribution in [-0.2, 0) is 4.79 Å². The van der Waals surface area contributed by atoms with Crippen molar-refractivity contribution in [2.24, 2.45) is 0 Å². The highest BCUT2D eigenvalue weighted by molar-refractivity contribution is 7.13. The van der Waals surface area contributed by atoms with E-state index in [9.17, 15) is 9.59 Å². The van der Waals surface area contributed by atoms with E-state index < -0.39 is 0 Å². The Bertz CT molecular complexity index is 956. The van der Waals surface area contributed by atoms with Crippen LogP contribution in [0, 0.1) is 0 Å². The van der Waals surface area contributed by atoms with E-state index >= 15 is 0 Å². The third-order valence-electron chi connectivity index (χ3n) is 4.50. The highest BCUT2D eigenvalue weighted by atomic mass is 32.1. The second-order valence-corrected chi connectivity index (χ2v) is 7.45. The largest absolute Gasteiger partial charge is 0.483 e. The molecule has 1 unspecified atom stereocenters. The van der Waals surface area contributed by atoms with Gasteiger partial charge in [0.05, 0.1) is 0 Å². The van der Waals surface area contributed by atoms with Gasteiger partial charge in [0.25, 0.3) is 11.8 Å². The number of hydrogen-bond donors (Lipinski definition) is 2. The van der Waals surface area contributed by atoms with Crippen molar-refractivity contribution in [3.05, 3.63) is 71.2 Å². The Balaban J connectivity index is 1.54. The van der Waals surface area contributed by atoms with Crippen LogP contribution >= 0.6 is 11.3 Å². The van der Waals surface area contributed by atoms with Crippen molar-refractivity contribution in [1.82, 2.24) is 4.98 Å². The van der Waals surface area contributed by atoms with Crippen molar-refractivity contribution in [3.63, 3.8) is 0 Å². The molecule has 0 aliphatic carbocycles. The molecule has 29 heavy (non-hydrogen) atoms. The molecule has 6 nitrogen and oxygen atoms in total. The van der Waals surface area contributed by atoms with E-state index in [4.69, 9.17) is 4.74 Å². The lowest BCUT2D eigenvalue weighted by molar-refractivity contribution is -0.118. The fourth-order valence-electron chi connectivity index (χ4n) is 2.74. The molecule has 0 radical (unpaired) electrons. The van der Waals surface area contributed by atoms with Crippen molar-refractivity contribution in [3.8, 4) is 5.75 Å². The number of nitrogens with one attached hydrogen (secondary N) is 2. The quantitative estimate of drug-likeness (QED) is 0.553. The molecule has 0 aliphatic rings. The van der Waals surface area contributed by atoms with E-state index in [0.717, 1.165) is 17.7 Å². The summed E-state index contributed by atoms with van der Waals surface area (Å²) in [5.41, 5.74) is 2.18. The van der Waals surface area contributed by atoms with Crippen LogP contribution in [0.3, 0.4) is 0 Å². The second kappa shape index (κ2) is 9.84. The molecule has 0 bridgehead atoms. The third-order valence-corrected chi connectivity index (χ3v) is 5.19. The number of nitrogens with zero attached hydrogens (tertiary/aromatic N) is 1. The molecule has 0 saturated heterocycles. The highest BCUT2D eigenvalue weighted by Gasteiger charge is 2.12. The lowest BCUT2D eigenvalue weighted by Crippen LogP contribution is -2.20. The number of carbonyl (C=O) groups is 2. The number of rotatable bonds is 8. The van der Waals surface area contributed by atoms with Crippen LogP contribution in [0.4, 0.5) is 10.8 Å². The monoisotopic (exact) mass is 409 g/mol. The average Bonchev–Trinajstić information content (AvgIpc) is 3.25. The number of benzene rings is 2. The average molecular weight is 410 g/mol. The normalized spacial score (nSPS) is 11.5. The van der Waals surface area contributed by atoms with E-state index in [1.165, 1.54) is 11.3 Å². The minimum Gasteiger partial charge on any atom is -0.483 e. The number of carbonyl (C=O) groups excluding carboxylic acids is 2. The van der Waals surface area contributed by atoms with Crippen LogP contribution in [0.2, 0.25) is 0 Å². The van der Waals surface area contributed by atoms with Gasteiger partial charge in [-0.2, -0.15) is 0 Å². The van der Waals surface area contributed by atoms with Crippen molar-refractivity contribution in [1.29, 1.82) is 0 Å². The Morgan fingerprint density at radius 3 is 2.55 bits per heavy atom. The van der Waals surface area contributed by atoms with E-state index in [1.54, 1.807) is 35.8 Å². The van der Waals surface area contributed by atoms with Gasteiger partial charge in [-0.3, -0.25) is 14.9 Å². The van der Waals surface area contributed by atoms with Gasteiger partial charge in [0.2, 0.25) is 0 Å². The lowest BCUT2D eigenvalue weighted by Gasteiger charge is -2.15. The van der Waals surface area contributed by atoms with Gasteiger partial charge in [0.1, 0.15) is 5.75 Å². The summed E-state index contributed by atoms with van der Waals surface area (Å²) in [5, 5.41) is 7.83. The van der Waals surface area contributed by atoms with Crippen LogP contribution in [0.1, 0.15) is 42.1 Å². The SMILES string of the molecule is CCC(C)c1ccccc1OCC(=O)Nc1ccc(C(=O)Nc2nccs2)cc1. The van der Waals surface area contributed by atoms with Gasteiger partial charge in [-0.05, 0) is 48.2 Å². The Kier molecular flexibility index (Phi) is 6.97. The molecule has 0 spiro atoms. The summed E-state index contributed by atoms with van der Waals surface area (Å²) in [6.45, 7) is 4.17. The second-order valence-electron chi connectivity index (χ2n) is 6.55. The van der Waals surface area contributed by atoms with E-state index in [2.05, 4.69) is 29.5 Å². The number of amides is 2. The Morgan fingerprint density at radius 1 is 1.10 bits per heavy atom. The molecule has 7 heteroatoms. The maximum Gasteiger partial charge on any atom is 0.262 e. The molecule has 2 aromatic carbocycles. The molecule has 150 valence electrons. The minimum absolute atomic E-state index is 0.0836. The third kappa shape index (κ3) is 5.65. The Morgan fingerprint density at radius 2 is 1.86 bits per heavy atom. The van der Waals surface area contributed by atoms with E-state index in [1.807, 2.05) is 24.3 Å². The Labute approximate surface area is 173 Å². The summed E-state index contributed by atoms with van der Waals surface area (Å²) in [5.74, 6) is 0.579. The number of hydrogen-bond acceptors (Lipinski definition) is 5. The Hall–Kier alpha value is -3.19. The van der Waals surface area contributed by atoms with Gasteiger partial charge in [-0.1, -0.05) is 32.0 Å². The first-order valence-corrected chi connectivity index (χ1v) is 10.3. The first-order chi connectivity index (χ1) is 14.1. The van der Waals surface area contributed by atoms with Gasteiger partial charge >= 0.3 is 0 Å². The number of thiazole rings is 1. The fourth-order valence-corrected chi connectivity index (χ4v) is 3.26. The lowest BCUT2D eigenvalue weighted by atomic mass is 9.98. The topological polar surface area (TPSA) is 80.3 Å². The van der Waals surface area contributed by atoms with Crippen molar-refractivity contribution < 1.29 is 14.3 Å². The molecule has 0 aliphatic heterocycles. The molecule has 0 fully saturated rings. The molecule has 1 aromatic heterocycles. The fraction of sp³-hybridized carbons (Fsp3) is 0.227. The molecule has 1 atom stereocenters. The van der Waals surface area contributed by atoms with Crippen LogP contribution in [0.5, 0.6) is 5.75 Å². The summed E-state index contributed by atoms with van der Waals surface area (Å²) >= 11 is 1.35. The molecule has 1 heterocycles. The van der Waals surface area contributed by atoms with Crippen LogP contribution in [0.25, 0.3) is 0 Å². The molecular formula is C22H23N3O3S. The number of para-hydroxylation sites is 1. The van der Waals surface area contributed by atoms with E-state index in [-0.39, 0.29) is 18.4 Å². The first-order valence-electron chi connectivity index (χ1n) is 9.39. The molecule has 2 N–H and O–H groups in total. The zero-order valence-corrected chi connectivity index (χ0v) is 17.2. The van der Waals surface area contributed by atoms with Gasteiger partial charge < -0.3 is 10.1 Å². The number of anilines is 2. The van der Waals surface area contributed by atoms with Crippen molar-refractivity contribution in [2.45, 2.75) is 26.2 Å². The smallest absolute Gasteiger partial charge is 0.262 e.